The van der Waals surface area contributed by atoms with Gasteiger partial charge in [-0.1, -0.05) is 146 Å². The lowest BCUT2D eigenvalue weighted by atomic mass is 9.98. The topological polar surface area (TPSA) is 38.7 Å². The Morgan fingerprint density at radius 2 is 0.872 bits per heavy atom. The summed E-state index contributed by atoms with van der Waals surface area (Å²) in [6.07, 6.45) is 0. The summed E-state index contributed by atoms with van der Waals surface area (Å²) in [5.41, 5.74) is 7.58. The minimum atomic E-state index is 0.650. The molecule has 0 atom stereocenters. The molecule has 0 unspecified atom stereocenters. The molecule has 7 aromatic carbocycles. The van der Waals surface area contributed by atoms with Crippen molar-refractivity contribution < 1.29 is 0 Å². The first kappa shape index (κ1) is 27.3. The van der Waals surface area contributed by atoms with Gasteiger partial charge in [-0.15, -0.1) is 11.3 Å². The van der Waals surface area contributed by atoms with Crippen LogP contribution >= 0.6 is 11.3 Å². The van der Waals surface area contributed by atoms with Gasteiger partial charge in [-0.25, -0.2) is 15.0 Å². The molecule has 9 aromatic rings. The normalized spacial score (nSPS) is 11.4. The average Bonchev–Trinajstić information content (AvgIpc) is 3.53. The Kier molecular flexibility index (Phi) is 6.65. The maximum Gasteiger partial charge on any atom is 0.164 e. The lowest BCUT2D eigenvalue weighted by Crippen LogP contribution is -2.00. The summed E-state index contributed by atoms with van der Waals surface area (Å²) in [6.45, 7) is 0. The molecule has 220 valence electrons. The second kappa shape index (κ2) is 11.4. The molecule has 0 saturated carbocycles. The molecule has 0 aliphatic rings. The van der Waals surface area contributed by atoms with Gasteiger partial charge in [0.05, 0.1) is 0 Å². The van der Waals surface area contributed by atoms with E-state index in [2.05, 4.69) is 127 Å². The van der Waals surface area contributed by atoms with Crippen molar-refractivity contribution in [1.29, 1.82) is 0 Å². The van der Waals surface area contributed by atoms with E-state index in [0.717, 1.165) is 38.6 Å². The molecule has 47 heavy (non-hydrogen) atoms. The number of rotatable bonds is 5. The van der Waals surface area contributed by atoms with E-state index in [1.807, 2.05) is 47.7 Å². The largest absolute Gasteiger partial charge is 0.208 e. The quantitative estimate of drug-likeness (QED) is 0.193. The number of nitrogens with zero attached hydrogens (tertiary/aromatic N) is 3. The van der Waals surface area contributed by atoms with Crippen LogP contribution in [0.5, 0.6) is 0 Å². The molecule has 0 spiro atoms. The average molecular weight is 618 g/mol. The van der Waals surface area contributed by atoms with Crippen molar-refractivity contribution >= 4 is 42.3 Å². The van der Waals surface area contributed by atoms with Gasteiger partial charge < -0.3 is 0 Å². The van der Waals surface area contributed by atoms with Crippen molar-refractivity contribution in [2.75, 3.05) is 0 Å². The van der Waals surface area contributed by atoms with E-state index in [0.29, 0.717) is 17.5 Å². The first-order valence-corrected chi connectivity index (χ1v) is 16.5. The van der Waals surface area contributed by atoms with Crippen LogP contribution < -0.4 is 0 Å². The highest BCUT2D eigenvalue weighted by Gasteiger charge is 2.15. The Bertz CT molecular complexity index is 2550. The molecule has 0 fully saturated rings. The van der Waals surface area contributed by atoms with Crippen LogP contribution in [0.3, 0.4) is 0 Å². The maximum absolute atomic E-state index is 5.10. The van der Waals surface area contributed by atoms with Crippen LogP contribution in [-0.4, -0.2) is 15.0 Å². The highest BCUT2D eigenvalue weighted by Crippen LogP contribution is 2.37. The molecule has 0 saturated heterocycles. The molecule has 0 N–H and O–H groups in total. The zero-order chi connectivity index (χ0) is 31.2. The van der Waals surface area contributed by atoms with E-state index in [1.54, 1.807) is 0 Å². The third-order valence-electron chi connectivity index (χ3n) is 8.75. The number of hydrogen-bond donors (Lipinski definition) is 0. The Balaban J connectivity index is 1.15. The predicted molar refractivity (Wildman–Crippen MR) is 197 cm³/mol. The molecule has 9 rings (SSSR count). The zero-order valence-electron chi connectivity index (χ0n) is 25.3. The van der Waals surface area contributed by atoms with Gasteiger partial charge in [0, 0.05) is 36.9 Å². The molecule has 2 aromatic heterocycles. The summed E-state index contributed by atoms with van der Waals surface area (Å²) in [4.78, 5) is 15.1. The molecule has 3 nitrogen and oxygen atoms in total. The summed E-state index contributed by atoms with van der Waals surface area (Å²) in [5, 5.41) is 4.88. The molecular formula is C43H27N3S. The number of hydrogen-bond acceptors (Lipinski definition) is 4. The maximum atomic E-state index is 5.10. The molecule has 0 amide bonds. The molecule has 4 heteroatoms. The van der Waals surface area contributed by atoms with Gasteiger partial charge in [0.15, 0.2) is 17.5 Å². The van der Waals surface area contributed by atoms with Gasteiger partial charge in [-0.3, -0.25) is 0 Å². The minimum absolute atomic E-state index is 0.650. The molecule has 0 radical (unpaired) electrons. The molecule has 0 aliphatic heterocycles. The van der Waals surface area contributed by atoms with Crippen LogP contribution in [0.15, 0.2) is 164 Å². The van der Waals surface area contributed by atoms with Crippen molar-refractivity contribution in [3.8, 4) is 56.4 Å². The van der Waals surface area contributed by atoms with Gasteiger partial charge in [0.2, 0.25) is 0 Å². The predicted octanol–water partition coefficient (Wildman–Crippen LogP) is 11.7. The smallest absolute Gasteiger partial charge is 0.164 e. The van der Waals surface area contributed by atoms with E-state index in [4.69, 9.17) is 15.0 Å². The Labute approximate surface area is 276 Å². The van der Waals surface area contributed by atoms with Crippen LogP contribution in [0.1, 0.15) is 0 Å². The SMILES string of the molecule is c1ccc(-c2ccc3cccc(-c4nc(-c5ccccc5)nc(-c5ccc(-c6ccc7c(c6)sc6ccccc67)cc5)n4)c3c2)cc1. The van der Waals surface area contributed by atoms with Gasteiger partial charge in [0.25, 0.3) is 0 Å². The van der Waals surface area contributed by atoms with Crippen LogP contribution in [0.2, 0.25) is 0 Å². The fourth-order valence-electron chi connectivity index (χ4n) is 6.34. The minimum Gasteiger partial charge on any atom is -0.208 e. The van der Waals surface area contributed by atoms with Gasteiger partial charge >= 0.3 is 0 Å². The van der Waals surface area contributed by atoms with E-state index < -0.39 is 0 Å². The number of fused-ring (bicyclic) bond motifs is 4. The van der Waals surface area contributed by atoms with Crippen molar-refractivity contribution in [3.63, 3.8) is 0 Å². The van der Waals surface area contributed by atoms with Gasteiger partial charge in [-0.2, -0.15) is 0 Å². The standard InChI is InChI=1S/C43H27N3S/c1-3-10-28(11-4-1)33-23-20-30-14-9-16-37(38(30)26-33)43-45-41(31-12-5-2-6-13-31)44-42(46-43)32-21-18-29(19-22-32)34-24-25-36-35-15-7-8-17-39(35)47-40(36)27-34/h1-27H. The second-order valence-electron chi connectivity index (χ2n) is 11.7. The Morgan fingerprint density at radius 3 is 1.66 bits per heavy atom. The third kappa shape index (κ3) is 5.05. The van der Waals surface area contributed by atoms with E-state index >= 15 is 0 Å². The molecule has 0 aliphatic carbocycles. The Hall–Kier alpha value is -5.97. The molecule has 0 bridgehead atoms. The molecule has 2 heterocycles. The van der Waals surface area contributed by atoms with Crippen LogP contribution in [-0.2, 0) is 0 Å². The monoisotopic (exact) mass is 617 g/mol. The first-order valence-electron chi connectivity index (χ1n) is 15.7. The van der Waals surface area contributed by atoms with E-state index in [-0.39, 0.29) is 0 Å². The summed E-state index contributed by atoms with van der Waals surface area (Å²) < 4.78 is 2.62. The van der Waals surface area contributed by atoms with Crippen molar-refractivity contribution in [2.24, 2.45) is 0 Å². The number of aromatic nitrogens is 3. The Morgan fingerprint density at radius 1 is 0.319 bits per heavy atom. The third-order valence-corrected chi connectivity index (χ3v) is 9.89. The van der Waals surface area contributed by atoms with Crippen LogP contribution in [0, 0.1) is 0 Å². The first-order chi connectivity index (χ1) is 23.3. The lowest BCUT2D eigenvalue weighted by molar-refractivity contribution is 1.08. The van der Waals surface area contributed by atoms with E-state index in [9.17, 15) is 0 Å². The highest BCUT2D eigenvalue weighted by molar-refractivity contribution is 7.25. The number of thiophene rings is 1. The van der Waals surface area contributed by atoms with Gasteiger partial charge in [0.1, 0.15) is 0 Å². The van der Waals surface area contributed by atoms with E-state index in [1.165, 1.54) is 31.3 Å². The van der Waals surface area contributed by atoms with Gasteiger partial charge in [-0.05, 0) is 51.2 Å². The lowest BCUT2D eigenvalue weighted by Gasteiger charge is -2.12. The highest BCUT2D eigenvalue weighted by atomic mass is 32.1. The zero-order valence-corrected chi connectivity index (χ0v) is 26.2. The summed E-state index contributed by atoms with van der Waals surface area (Å²) in [5.74, 6) is 1.96. The van der Waals surface area contributed by atoms with Crippen molar-refractivity contribution in [2.45, 2.75) is 0 Å². The van der Waals surface area contributed by atoms with Crippen molar-refractivity contribution in [1.82, 2.24) is 15.0 Å². The van der Waals surface area contributed by atoms with Crippen LogP contribution in [0.4, 0.5) is 0 Å². The summed E-state index contributed by atoms with van der Waals surface area (Å²) in [7, 11) is 0. The summed E-state index contributed by atoms with van der Waals surface area (Å²) >= 11 is 1.84. The second-order valence-corrected chi connectivity index (χ2v) is 12.8. The van der Waals surface area contributed by atoms with Crippen molar-refractivity contribution in [3.05, 3.63) is 164 Å². The molecular weight excluding hydrogens is 591 g/mol. The van der Waals surface area contributed by atoms with Crippen LogP contribution in [0.25, 0.3) is 87.4 Å². The fourth-order valence-corrected chi connectivity index (χ4v) is 7.48. The fraction of sp³-hybridized carbons (Fsp3) is 0. The number of benzene rings is 7. The summed E-state index contributed by atoms with van der Waals surface area (Å²) in [6, 6.07) is 57.5.